The molecule has 0 saturated carbocycles. The van der Waals surface area contributed by atoms with Crippen LogP contribution in [0.15, 0.2) is 48.8 Å². The van der Waals surface area contributed by atoms with Crippen molar-refractivity contribution >= 4 is 16.9 Å². The normalized spacial score (nSPS) is 20.7. The van der Waals surface area contributed by atoms with Crippen LogP contribution in [-0.4, -0.2) is 29.5 Å². The van der Waals surface area contributed by atoms with Crippen LogP contribution in [0.4, 0.5) is 0 Å². The zero-order valence-electron chi connectivity index (χ0n) is 16.7. The SMILES string of the molecule is COC1(CCNC(=O)c2ccc3nc[nH]c3c2)c2ccccc2CCC1(C)C. The van der Waals surface area contributed by atoms with Crippen LogP contribution in [-0.2, 0) is 16.8 Å². The van der Waals surface area contributed by atoms with Gasteiger partial charge in [0, 0.05) is 19.2 Å². The van der Waals surface area contributed by atoms with Gasteiger partial charge in [-0.3, -0.25) is 4.79 Å². The van der Waals surface area contributed by atoms with Crippen molar-refractivity contribution in [2.45, 2.75) is 38.7 Å². The van der Waals surface area contributed by atoms with Crippen molar-refractivity contribution in [1.29, 1.82) is 0 Å². The fourth-order valence-corrected chi connectivity index (χ4v) is 4.64. The molecule has 5 heteroatoms. The molecule has 1 atom stereocenters. The van der Waals surface area contributed by atoms with E-state index in [2.05, 4.69) is 53.4 Å². The lowest BCUT2D eigenvalue weighted by Gasteiger charge is -2.50. The standard InChI is InChI=1S/C23H27N3O2/c1-22(2)11-10-16-6-4-5-7-18(16)23(22,28-3)12-13-24-21(27)17-8-9-19-20(14-17)26-15-25-19/h4-9,14-15H,10-13H2,1-3H3,(H,24,27)(H,25,26). The molecule has 4 rings (SSSR count). The summed E-state index contributed by atoms with van der Waals surface area (Å²) < 4.78 is 6.19. The van der Waals surface area contributed by atoms with Crippen LogP contribution in [0.1, 0.15) is 48.2 Å². The summed E-state index contributed by atoms with van der Waals surface area (Å²) >= 11 is 0. The molecule has 1 unspecified atom stereocenters. The van der Waals surface area contributed by atoms with E-state index in [-0.39, 0.29) is 11.3 Å². The van der Waals surface area contributed by atoms with Crippen LogP contribution in [0.25, 0.3) is 11.0 Å². The molecule has 2 N–H and O–H groups in total. The van der Waals surface area contributed by atoms with E-state index in [4.69, 9.17) is 4.74 Å². The number of nitrogens with zero attached hydrogens (tertiary/aromatic N) is 1. The van der Waals surface area contributed by atoms with Crippen molar-refractivity contribution in [2.24, 2.45) is 5.41 Å². The van der Waals surface area contributed by atoms with E-state index < -0.39 is 5.60 Å². The first-order chi connectivity index (χ1) is 13.5. The average Bonchev–Trinajstić information content (AvgIpc) is 3.17. The summed E-state index contributed by atoms with van der Waals surface area (Å²) in [6, 6.07) is 14.0. The fraction of sp³-hybridized carbons (Fsp3) is 0.391. The Labute approximate surface area is 165 Å². The molecule has 28 heavy (non-hydrogen) atoms. The maximum absolute atomic E-state index is 12.7. The number of aryl methyl sites for hydroxylation is 1. The number of methoxy groups -OCH3 is 1. The highest BCUT2D eigenvalue weighted by molar-refractivity contribution is 5.97. The summed E-state index contributed by atoms with van der Waals surface area (Å²) in [5.41, 5.74) is 4.52. The monoisotopic (exact) mass is 377 g/mol. The summed E-state index contributed by atoms with van der Waals surface area (Å²) in [6.07, 6.45) is 4.48. The molecule has 1 aromatic heterocycles. The molecular formula is C23H27N3O2. The van der Waals surface area contributed by atoms with E-state index in [9.17, 15) is 4.79 Å². The van der Waals surface area contributed by atoms with Crippen molar-refractivity contribution < 1.29 is 9.53 Å². The van der Waals surface area contributed by atoms with Gasteiger partial charge >= 0.3 is 0 Å². The Kier molecular flexibility index (Phi) is 4.71. The number of H-pyrrole nitrogens is 1. The number of carbonyl (C=O) groups excluding carboxylic acids is 1. The third-order valence-corrected chi connectivity index (χ3v) is 6.36. The lowest BCUT2D eigenvalue weighted by Crippen LogP contribution is -2.49. The smallest absolute Gasteiger partial charge is 0.251 e. The number of amides is 1. The number of benzene rings is 2. The predicted molar refractivity (Wildman–Crippen MR) is 110 cm³/mol. The summed E-state index contributed by atoms with van der Waals surface area (Å²) in [7, 11) is 1.79. The molecule has 5 nitrogen and oxygen atoms in total. The number of fused-ring (bicyclic) bond motifs is 2. The Balaban J connectivity index is 1.53. The van der Waals surface area contributed by atoms with Gasteiger partial charge in [-0.25, -0.2) is 4.98 Å². The van der Waals surface area contributed by atoms with Crippen LogP contribution in [0, 0.1) is 5.41 Å². The summed E-state index contributed by atoms with van der Waals surface area (Å²) in [5.74, 6) is -0.0790. The number of nitrogens with one attached hydrogen (secondary N) is 2. The van der Waals surface area contributed by atoms with Gasteiger partial charge in [0.25, 0.3) is 5.91 Å². The first-order valence-electron chi connectivity index (χ1n) is 9.82. The number of imidazole rings is 1. The maximum Gasteiger partial charge on any atom is 0.251 e. The molecule has 146 valence electrons. The minimum absolute atomic E-state index is 0.0182. The molecule has 0 bridgehead atoms. The van der Waals surface area contributed by atoms with Gasteiger partial charge in [-0.2, -0.15) is 0 Å². The molecule has 0 radical (unpaired) electrons. The highest BCUT2D eigenvalue weighted by Gasteiger charge is 2.49. The van der Waals surface area contributed by atoms with Gasteiger partial charge in [0.05, 0.1) is 23.0 Å². The van der Waals surface area contributed by atoms with E-state index in [1.165, 1.54) is 11.1 Å². The molecular weight excluding hydrogens is 350 g/mol. The molecule has 0 fully saturated rings. The first kappa shape index (κ1) is 18.7. The van der Waals surface area contributed by atoms with Crippen LogP contribution >= 0.6 is 0 Å². The fourth-order valence-electron chi connectivity index (χ4n) is 4.64. The molecule has 1 aliphatic rings. The number of aromatic nitrogens is 2. The van der Waals surface area contributed by atoms with Gasteiger partial charge < -0.3 is 15.0 Å². The Morgan fingerprint density at radius 3 is 2.89 bits per heavy atom. The second-order valence-corrected chi connectivity index (χ2v) is 8.21. The second-order valence-electron chi connectivity index (χ2n) is 8.21. The topological polar surface area (TPSA) is 67.0 Å². The quantitative estimate of drug-likeness (QED) is 0.700. The number of hydrogen-bond acceptors (Lipinski definition) is 3. The highest BCUT2D eigenvalue weighted by atomic mass is 16.5. The van der Waals surface area contributed by atoms with Crippen molar-refractivity contribution in [3.8, 4) is 0 Å². The highest BCUT2D eigenvalue weighted by Crippen LogP contribution is 2.52. The largest absolute Gasteiger partial charge is 0.373 e. The van der Waals surface area contributed by atoms with E-state index in [1.807, 2.05) is 18.2 Å². The number of hydrogen-bond donors (Lipinski definition) is 2. The molecule has 0 spiro atoms. The van der Waals surface area contributed by atoms with Crippen LogP contribution < -0.4 is 5.32 Å². The lowest BCUT2D eigenvalue weighted by atomic mass is 9.61. The minimum atomic E-state index is -0.414. The maximum atomic E-state index is 12.7. The van der Waals surface area contributed by atoms with Crippen LogP contribution in [0.5, 0.6) is 0 Å². The van der Waals surface area contributed by atoms with Crippen molar-refractivity contribution in [1.82, 2.24) is 15.3 Å². The Hall–Kier alpha value is -2.66. The summed E-state index contributed by atoms with van der Waals surface area (Å²) in [6.45, 7) is 5.08. The van der Waals surface area contributed by atoms with Gasteiger partial charge in [0.2, 0.25) is 0 Å². The zero-order chi connectivity index (χ0) is 19.8. The number of carbonyl (C=O) groups is 1. The molecule has 1 amide bonds. The van der Waals surface area contributed by atoms with E-state index >= 15 is 0 Å². The Bertz CT molecular complexity index is 1010. The number of aromatic amines is 1. The third kappa shape index (κ3) is 3.00. The predicted octanol–water partition coefficient (Wildman–Crippen LogP) is 4.20. The third-order valence-electron chi connectivity index (χ3n) is 6.36. The number of ether oxygens (including phenoxy) is 1. The van der Waals surface area contributed by atoms with Gasteiger partial charge in [0.15, 0.2) is 0 Å². The Morgan fingerprint density at radius 1 is 1.25 bits per heavy atom. The first-order valence-corrected chi connectivity index (χ1v) is 9.82. The molecule has 1 aliphatic carbocycles. The van der Waals surface area contributed by atoms with Crippen LogP contribution in [0.3, 0.4) is 0 Å². The molecule has 1 heterocycles. The minimum Gasteiger partial charge on any atom is -0.373 e. The second kappa shape index (κ2) is 7.06. The van der Waals surface area contributed by atoms with E-state index in [1.54, 1.807) is 13.4 Å². The summed E-state index contributed by atoms with van der Waals surface area (Å²) in [4.78, 5) is 19.9. The van der Waals surface area contributed by atoms with E-state index in [0.29, 0.717) is 12.1 Å². The summed E-state index contributed by atoms with van der Waals surface area (Å²) in [5, 5.41) is 3.08. The van der Waals surface area contributed by atoms with Gasteiger partial charge in [-0.05, 0) is 54.0 Å². The van der Waals surface area contributed by atoms with Crippen LogP contribution in [0.2, 0.25) is 0 Å². The number of rotatable bonds is 5. The zero-order valence-corrected chi connectivity index (χ0v) is 16.7. The van der Waals surface area contributed by atoms with Crippen molar-refractivity contribution in [2.75, 3.05) is 13.7 Å². The average molecular weight is 377 g/mol. The van der Waals surface area contributed by atoms with Gasteiger partial charge in [-0.15, -0.1) is 0 Å². The van der Waals surface area contributed by atoms with Crippen molar-refractivity contribution in [3.05, 3.63) is 65.5 Å². The van der Waals surface area contributed by atoms with Gasteiger partial charge in [0.1, 0.15) is 0 Å². The molecule has 0 saturated heterocycles. The molecule has 3 aromatic rings. The lowest BCUT2D eigenvalue weighted by molar-refractivity contribution is -0.121. The van der Waals surface area contributed by atoms with Crippen molar-refractivity contribution in [3.63, 3.8) is 0 Å². The van der Waals surface area contributed by atoms with E-state index in [0.717, 1.165) is 30.3 Å². The van der Waals surface area contributed by atoms with Gasteiger partial charge in [-0.1, -0.05) is 38.1 Å². The molecule has 2 aromatic carbocycles. The Morgan fingerprint density at radius 2 is 2.07 bits per heavy atom. The molecule has 0 aliphatic heterocycles.